The molecule has 6 heteroatoms. The van der Waals surface area contributed by atoms with Crippen LogP contribution in [0.4, 0.5) is 4.39 Å². The molecule has 1 aromatic carbocycles. The third kappa shape index (κ3) is 3.44. The summed E-state index contributed by atoms with van der Waals surface area (Å²) in [6.45, 7) is 1.81. The van der Waals surface area contributed by atoms with Gasteiger partial charge in [0.15, 0.2) is 0 Å². The van der Waals surface area contributed by atoms with Crippen LogP contribution in [-0.4, -0.2) is 34.6 Å². The standard InChI is InChI=1S/C12H15FO4S/c1-2-17-12(16)8-4-3-7(13)5-9(8)11(15)10(14)6-18/h3-5,10-11,14-15,18H,2,6H2,1H3. The van der Waals surface area contributed by atoms with Crippen LogP contribution in [0.3, 0.4) is 0 Å². The van der Waals surface area contributed by atoms with Crippen molar-refractivity contribution in [1.82, 2.24) is 0 Å². The number of ether oxygens (including phenoxy) is 1. The molecule has 100 valence electrons. The molecule has 0 aliphatic carbocycles. The second kappa shape index (κ2) is 6.72. The van der Waals surface area contributed by atoms with Gasteiger partial charge in [0.25, 0.3) is 0 Å². The van der Waals surface area contributed by atoms with E-state index in [1.807, 2.05) is 0 Å². The normalized spacial score (nSPS) is 14.1. The lowest BCUT2D eigenvalue weighted by Gasteiger charge is -2.18. The third-order valence-electron chi connectivity index (χ3n) is 2.38. The van der Waals surface area contributed by atoms with Crippen LogP contribution in [-0.2, 0) is 4.74 Å². The van der Waals surface area contributed by atoms with E-state index in [0.29, 0.717) is 0 Å². The maximum absolute atomic E-state index is 13.2. The van der Waals surface area contributed by atoms with Crippen molar-refractivity contribution in [1.29, 1.82) is 0 Å². The first-order chi connectivity index (χ1) is 8.51. The topological polar surface area (TPSA) is 66.8 Å². The van der Waals surface area contributed by atoms with Crippen LogP contribution in [0.2, 0.25) is 0 Å². The summed E-state index contributed by atoms with van der Waals surface area (Å²) in [7, 11) is 0. The average molecular weight is 274 g/mol. The fraction of sp³-hybridized carbons (Fsp3) is 0.417. The zero-order chi connectivity index (χ0) is 13.7. The van der Waals surface area contributed by atoms with E-state index in [9.17, 15) is 19.4 Å². The van der Waals surface area contributed by atoms with Gasteiger partial charge in [0, 0.05) is 11.3 Å². The largest absolute Gasteiger partial charge is 0.462 e. The number of aliphatic hydroxyl groups excluding tert-OH is 2. The lowest BCUT2D eigenvalue weighted by Crippen LogP contribution is -2.22. The van der Waals surface area contributed by atoms with Crippen molar-refractivity contribution in [3.8, 4) is 0 Å². The number of hydrogen-bond acceptors (Lipinski definition) is 5. The summed E-state index contributed by atoms with van der Waals surface area (Å²) in [5.41, 5.74) is 0.0292. The molecule has 0 bridgehead atoms. The summed E-state index contributed by atoms with van der Waals surface area (Å²) >= 11 is 3.84. The van der Waals surface area contributed by atoms with Gasteiger partial charge in [0.05, 0.1) is 18.3 Å². The van der Waals surface area contributed by atoms with Crippen molar-refractivity contribution in [2.75, 3.05) is 12.4 Å². The van der Waals surface area contributed by atoms with Gasteiger partial charge in [-0.05, 0) is 25.1 Å². The molecular weight excluding hydrogens is 259 g/mol. The van der Waals surface area contributed by atoms with E-state index in [0.717, 1.165) is 12.1 Å². The molecule has 0 saturated heterocycles. The minimum absolute atomic E-state index is 0.00463. The molecule has 18 heavy (non-hydrogen) atoms. The maximum atomic E-state index is 13.2. The molecule has 4 nitrogen and oxygen atoms in total. The molecule has 0 heterocycles. The summed E-state index contributed by atoms with van der Waals surface area (Å²) < 4.78 is 18.0. The van der Waals surface area contributed by atoms with Gasteiger partial charge >= 0.3 is 5.97 Å². The van der Waals surface area contributed by atoms with Crippen molar-refractivity contribution in [3.63, 3.8) is 0 Å². The first kappa shape index (κ1) is 14.9. The molecule has 0 amide bonds. The Labute approximate surface area is 110 Å². The first-order valence-corrected chi connectivity index (χ1v) is 6.08. The summed E-state index contributed by atoms with van der Waals surface area (Å²) in [6, 6.07) is 3.32. The molecule has 2 unspecified atom stereocenters. The highest BCUT2D eigenvalue weighted by molar-refractivity contribution is 7.80. The smallest absolute Gasteiger partial charge is 0.338 e. The van der Waals surface area contributed by atoms with Crippen molar-refractivity contribution in [2.24, 2.45) is 0 Å². The van der Waals surface area contributed by atoms with Crippen LogP contribution in [0.25, 0.3) is 0 Å². The highest BCUT2D eigenvalue weighted by atomic mass is 32.1. The summed E-state index contributed by atoms with van der Waals surface area (Å²) in [5, 5.41) is 19.3. The molecule has 0 aliphatic rings. The molecule has 0 spiro atoms. The van der Waals surface area contributed by atoms with E-state index in [1.165, 1.54) is 6.07 Å². The number of aliphatic hydroxyl groups is 2. The Morgan fingerprint density at radius 2 is 2.17 bits per heavy atom. The minimum Gasteiger partial charge on any atom is -0.462 e. The Balaban J connectivity index is 3.14. The third-order valence-corrected chi connectivity index (χ3v) is 2.75. The predicted octanol–water partition coefficient (Wildman–Crippen LogP) is 1.33. The lowest BCUT2D eigenvalue weighted by atomic mass is 9.99. The number of thiol groups is 1. The number of carbonyl (C=O) groups excluding carboxylic acids is 1. The zero-order valence-corrected chi connectivity index (χ0v) is 10.7. The van der Waals surface area contributed by atoms with Gasteiger partial charge in [-0.25, -0.2) is 9.18 Å². The van der Waals surface area contributed by atoms with Gasteiger partial charge in [-0.3, -0.25) is 0 Å². The zero-order valence-electron chi connectivity index (χ0n) is 9.84. The Kier molecular flexibility index (Phi) is 5.58. The number of rotatable bonds is 5. The fourth-order valence-electron chi connectivity index (χ4n) is 1.48. The van der Waals surface area contributed by atoms with Gasteiger partial charge < -0.3 is 14.9 Å². The van der Waals surface area contributed by atoms with Crippen molar-refractivity contribution in [3.05, 3.63) is 35.1 Å². The molecule has 0 saturated carbocycles. The Bertz CT molecular complexity index is 425. The maximum Gasteiger partial charge on any atom is 0.338 e. The summed E-state index contributed by atoms with van der Waals surface area (Å²) in [6.07, 6.45) is -2.58. The first-order valence-electron chi connectivity index (χ1n) is 5.44. The van der Waals surface area contributed by atoms with Gasteiger partial charge in [-0.1, -0.05) is 0 Å². The van der Waals surface area contributed by atoms with E-state index in [-0.39, 0.29) is 23.5 Å². The Morgan fingerprint density at radius 1 is 1.50 bits per heavy atom. The molecule has 0 fully saturated rings. The molecule has 2 atom stereocenters. The van der Waals surface area contributed by atoms with Crippen LogP contribution in [0.5, 0.6) is 0 Å². The summed E-state index contributed by atoms with van der Waals surface area (Å²) in [4.78, 5) is 11.6. The van der Waals surface area contributed by atoms with Crippen LogP contribution in [0, 0.1) is 5.82 Å². The molecular formula is C12H15FO4S. The molecule has 2 N–H and O–H groups in total. The van der Waals surface area contributed by atoms with E-state index in [1.54, 1.807) is 6.92 Å². The van der Waals surface area contributed by atoms with E-state index >= 15 is 0 Å². The molecule has 0 aromatic heterocycles. The van der Waals surface area contributed by atoms with Crippen molar-refractivity contribution < 1.29 is 24.1 Å². The second-order valence-corrected chi connectivity index (χ2v) is 4.01. The van der Waals surface area contributed by atoms with E-state index in [4.69, 9.17) is 4.74 Å². The highest BCUT2D eigenvalue weighted by Crippen LogP contribution is 2.23. The van der Waals surface area contributed by atoms with Gasteiger partial charge in [-0.2, -0.15) is 12.6 Å². The molecule has 1 rings (SSSR count). The Morgan fingerprint density at radius 3 is 2.72 bits per heavy atom. The molecule has 1 aromatic rings. The van der Waals surface area contributed by atoms with Crippen LogP contribution >= 0.6 is 12.6 Å². The highest BCUT2D eigenvalue weighted by Gasteiger charge is 2.24. The summed E-state index contributed by atoms with van der Waals surface area (Å²) in [5.74, 6) is -1.29. The Hall–Kier alpha value is -1.11. The van der Waals surface area contributed by atoms with Crippen molar-refractivity contribution in [2.45, 2.75) is 19.1 Å². The fourth-order valence-corrected chi connectivity index (χ4v) is 1.68. The van der Waals surface area contributed by atoms with E-state index in [2.05, 4.69) is 12.6 Å². The van der Waals surface area contributed by atoms with Crippen LogP contribution < -0.4 is 0 Å². The van der Waals surface area contributed by atoms with Gasteiger partial charge in [-0.15, -0.1) is 0 Å². The lowest BCUT2D eigenvalue weighted by molar-refractivity contribution is 0.0308. The number of hydrogen-bond donors (Lipinski definition) is 3. The SMILES string of the molecule is CCOC(=O)c1ccc(F)cc1C(O)C(O)CS. The molecule has 0 aliphatic heterocycles. The number of esters is 1. The number of carbonyl (C=O) groups is 1. The minimum atomic E-state index is -1.39. The van der Waals surface area contributed by atoms with E-state index < -0.39 is 24.0 Å². The predicted molar refractivity (Wildman–Crippen MR) is 67.2 cm³/mol. The van der Waals surface area contributed by atoms with Crippen LogP contribution in [0.15, 0.2) is 18.2 Å². The van der Waals surface area contributed by atoms with Crippen LogP contribution in [0.1, 0.15) is 28.9 Å². The van der Waals surface area contributed by atoms with Crippen molar-refractivity contribution >= 4 is 18.6 Å². The second-order valence-electron chi connectivity index (χ2n) is 3.65. The quantitative estimate of drug-likeness (QED) is 0.560. The van der Waals surface area contributed by atoms with Gasteiger partial charge in [0.2, 0.25) is 0 Å². The average Bonchev–Trinajstić information content (AvgIpc) is 2.37. The number of benzene rings is 1. The monoisotopic (exact) mass is 274 g/mol. The molecule has 0 radical (unpaired) electrons. The van der Waals surface area contributed by atoms with Gasteiger partial charge in [0.1, 0.15) is 11.9 Å². The number of halogens is 1.